The first-order valence-electron chi connectivity index (χ1n) is 4.86. The summed E-state index contributed by atoms with van der Waals surface area (Å²) < 4.78 is 5.43. The molecule has 0 amide bonds. The van der Waals surface area contributed by atoms with Crippen molar-refractivity contribution in [1.82, 2.24) is 9.97 Å². The first-order chi connectivity index (χ1) is 6.72. The fraction of sp³-hybridized carbons (Fsp3) is 0.600. The maximum Gasteiger partial charge on any atom is 0.232 e. The molecule has 0 fully saturated rings. The molecule has 14 heavy (non-hydrogen) atoms. The Balaban J connectivity index is 2.42. The van der Waals surface area contributed by atoms with Crippen LogP contribution in [0.15, 0.2) is 12.4 Å². The lowest BCUT2D eigenvalue weighted by Crippen LogP contribution is -2.06. The molecule has 0 aliphatic carbocycles. The van der Waals surface area contributed by atoms with Crippen LogP contribution in [0.3, 0.4) is 0 Å². The molecule has 0 saturated carbocycles. The van der Waals surface area contributed by atoms with Gasteiger partial charge in [-0.25, -0.2) is 4.98 Å². The molecule has 0 saturated heterocycles. The van der Waals surface area contributed by atoms with E-state index < -0.39 is 0 Å². The minimum absolute atomic E-state index is 0.397. The van der Waals surface area contributed by atoms with Crippen molar-refractivity contribution in [3.63, 3.8) is 0 Å². The van der Waals surface area contributed by atoms with Crippen molar-refractivity contribution in [3.05, 3.63) is 18.1 Å². The molecule has 0 bridgehead atoms. The first-order valence-corrected chi connectivity index (χ1v) is 4.86. The number of nitrogens with zero attached hydrogens (tertiary/aromatic N) is 2. The predicted octanol–water partition coefficient (Wildman–Crippen LogP) is 1.36. The number of rotatable bonds is 5. The number of hydrogen-bond donors (Lipinski definition) is 1. The van der Waals surface area contributed by atoms with E-state index in [4.69, 9.17) is 10.5 Å². The molecular formula is C10H17N3O. The second-order valence-electron chi connectivity index (χ2n) is 3.58. The Kier molecular flexibility index (Phi) is 4.32. The van der Waals surface area contributed by atoms with E-state index >= 15 is 0 Å². The molecule has 1 heterocycles. The average molecular weight is 195 g/mol. The van der Waals surface area contributed by atoms with Crippen LogP contribution >= 0.6 is 0 Å². The highest BCUT2D eigenvalue weighted by atomic mass is 16.5. The van der Waals surface area contributed by atoms with Gasteiger partial charge in [-0.15, -0.1) is 0 Å². The van der Waals surface area contributed by atoms with E-state index in [2.05, 4.69) is 23.8 Å². The second-order valence-corrected chi connectivity index (χ2v) is 3.58. The maximum atomic E-state index is 5.44. The van der Waals surface area contributed by atoms with E-state index in [9.17, 15) is 0 Å². The largest absolute Gasteiger partial charge is 0.477 e. The van der Waals surface area contributed by atoms with Crippen LogP contribution in [0.25, 0.3) is 0 Å². The zero-order valence-electron chi connectivity index (χ0n) is 8.73. The third-order valence-corrected chi connectivity index (χ3v) is 1.82. The maximum absolute atomic E-state index is 5.44. The minimum Gasteiger partial charge on any atom is -0.477 e. The molecule has 0 spiro atoms. The molecular weight excluding hydrogens is 178 g/mol. The monoisotopic (exact) mass is 195 g/mol. The fourth-order valence-corrected chi connectivity index (χ4v) is 0.953. The van der Waals surface area contributed by atoms with Crippen molar-refractivity contribution >= 4 is 0 Å². The van der Waals surface area contributed by atoms with Gasteiger partial charge in [0.1, 0.15) is 0 Å². The molecule has 4 nitrogen and oxygen atoms in total. The van der Waals surface area contributed by atoms with Crippen LogP contribution in [-0.2, 0) is 6.54 Å². The van der Waals surface area contributed by atoms with E-state index in [-0.39, 0.29) is 0 Å². The van der Waals surface area contributed by atoms with Crippen molar-refractivity contribution < 1.29 is 4.74 Å². The highest BCUT2D eigenvalue weighted by Gasteiger charge is 1.99. The SMILES string of the molecule is CC(C)CCOc1cncc(CN)n1. The molecule has 0 radical (unpaired) electrons. The van der Waals surface area contributed by atoms with Crippen LogP contribution in [0, 0.1) is 5.92 Å². The van der Waals surface area contributed by atoms with Gasteiger partial charge in [0.15, 0.2) is 0 Å². The molecule has 0 unspecified atom stereocenters. The number of aromatic nitrogens is 2. The third-order valence-electron chi connectivity index (χ3n) is 1.82. The molecule has 0 aliphatic rings. The lowest BCUT2D eigenvalue weighted by atomic mass is 10.1. The van der Waals surface area contributed by atoms with Crippen LogP contribution in [0.4, 0.5) is 0 Å². The van der Waals surface area contributed by atoms with Crippen LogP contribution < -0.4 is 10.5 Å². The Morgan fingerprint density at radius 2 is 2.21 bits per heavy atom. The van der Waals surface area contributed by atoms with Crippen molar-refractivity contribution in [2.24, 2.45) is 11.7 Å². The van der Waals surface area contributed by atoms with E-state index in [1.807, 2.05) is 0 Å². The topological polar surface area (TPSA) is 61.0 Å². The van der Waals surface area contributed by atoms with Gasteiger partial charge in [-0.1, -0.05) is 13.8 Å². The molecule has 0 aromatic carbocycles. The number of ether oxygens (including phenoxy) is 1. The van der Waals surface area contributed by atoms with E-state index in [1.165, 1.54) is 0 Å². The molecule has 78 valence electrons. The van der Waals surface area contributed by atoms with Gasteiger partial charge >= 0.3 is 0 Å². The van der Waals surface area contributed by atoms with Gasteiger partial charge in [-0.05, 0) is 12.3 Å². The predicted molar refractivity (Wildman–Crippen MR) is 54.9 cm³/mol. The van der Waals surface area contributed by atoms with Crippen molar-refractivity contribution in [2.45, 2.75) is 26.8 Å². The molecule has 0 atom stereocenters. The lowest BCUT2D eigenvalue weighted by Gasteiger charge is -2.07. The van der Waals surface area contributed by atoms with Gasteiger partial charge in [-0.2, -0.15) is 0 Å². The standard InChI is InChI=1S/C10H17N3O/c1-8(2)3-4-14-10-7-12-6-9(5-11)13-10/h6-8H,3-5,11H2,1-2H3. The molecule has 1 aromatic rings. The summed E-state index contributed by atoms with van der Waals surface area (Å²) in [7, 11) is 0. The summed E-state index contributed by atoms with van der Waals surface area (Å²) in [5.41, 5.74) is 6.19. The zero-order chi connectivity index (χ0) is 10.4. The summed E-state index contributed by atoms with van der Waals surface area (Å²) in [6, 6.07) is 0. The highest BCUT2D eigenvalue weighted by molar-refractivity contribution is 5.07. The smallest absolute Gasteiger partial charge is 0.232 e. The third kappa shape index (κ3) is 3.70. The van der Waals surface area contributed by atoms with Gasteiger partial charge in [0.05, 0.1) is 18.5 Å². The summed E-state index contributed by atoms with van der Waals surface area (Å²) in [5, 5.41) is 0. The Morgan fingerprint density at radius 1 is 1.43 bits per heavy atom. The van der Waals surface area contributed by atoms with Crippen LogP contribution in [0.5, 0.6) is 5.88 Å². The lowest BCUT2D eigenvalue weighted by molar-refractivity contribution is 0.277. The van der Waals surface area contributed by atoms with Gasteiger partial charge in [0.2, 0.25) is 5.88 Å². The Labute approximate surface area is 84.5 Å². The average Bonchev–Trinajstić information content (AvgIpc) is 2.18. The molecule has 2 N–H and O–H groups in total. The Bertz CT molecular complexity index is 276. The van der Waals surface area contributed by atoms with E-state index in [0.717, 1.165) is 12.1 Å². The van der Waals surface area contributed by atoms with Crippen molar-refractivity contribution in [3.8, 4) is 5.88 Å². The Morgan fingerprint density at radius 3 is 2.86 bits per heavy atom. The van der Waals surface area contributed by atoms with Gasteiger partial charge in [0, 0.05) is 12.7 Å². The molecule has 1 aromatic heterocycles. The number of hydrogen-bond acceptors (Lipinski definition) is 4. The Hall–Kier alpha value is -1.16. The fourth-order valence-electron chi connectivity index (χ4n) is 0.953. The summed E-state index contributed by atoms with van der Waals surface area (Å²) in [6.07, 6.45) is 4.28. The first kappa shape index (κ1) is 10.9. The van der Waals surface area contributed by atoms with E-state index in [0.29, 0.717) is 24.9 Å². The van der Waals surface area contributed by atoms with Crippen LogP contribution in [0.1, 0.15) is 26.0 Å². The quantitative estimate of drug-likeness (QED) is 0.770. The summed E-state index contributed by atoms with van der Waals surface area (Å²) >= 11 is 0. The van der Waals surface area contributed by atoms with Gasteiger partial charge in [-0.3, -0.25) is 4.98 Å². The number of nitrogens with two attached hydrogens (primary N) is 1. The zero-order valence-corrected chi connectivity index (χ0v) is 8.73. The van der Waals surface area contributed by atoms with E-state index in [1.54, 1.807) is 12.4 Å². The van der Waals surface area contributed by atoms with Crippen LogP contribution in [-0.4, -0.2) is 16.6 Å². The summed E-state index contributed by atoms with van der Waals surface area (Å²) in [4.78, 5) is 8.16. The molecule has 1 rings (SSSR count). The van der Waals surface area contributed by atoms with Crippen molar-refractivity contribution in [1.29, 1.82) is 0 Å². The van der Waals surface area contributed by atoms with Gasteiger partial charge < -0.3 is 10.5 Å². The normalized spacial score (nSPS) is 10.6. The van der Waals surface area contributed by atoms with Crippen LogP contribution in [0.2, 0.25) is 0 Å². The summed E-state index contributed by atoms with van der Waals surface area (Å²) in [6.45, 7) is 5.39. The second kappa shape index (κ2) is 5.54. The van der Waals surface area contributed by atoms with Crippen molar-refractivity contribution in [2.75, 3.05) is 6.61 Å². The van der Waals surface area contributed by atoms with Gasteiger partial charge in [0.25, 0.3) is 0 Å². The molecule has 4 heteroatoms. The summed E-state index contributed by atoms with van der Waals surface area (Å²) in [5.74, 6) is 1.20. The minimum atomic E-state index is 0.397. The molecule has 0 aliphatic heterocycles. The highest BCUT2D eigenvalue weighted by Crippen LogP contribution is 2.06.